The zero-order valence-electron chi connectivity index (χ0n) is 9.89. The highest BCUT2D eigenvalue weighted by atomic mass is 79.9. The van der Waals surface area contributed by atoms with Gasteiger partial charge in [0.15, 0.2) is 0 Å². The number of nitrogens with one attached hydrogen (secondary N) is 1. The van der Waals surface area contributed by atoms with E-state index in [9.17, 15) is 9.18 Å². The van der Waals surface area contributed by atoms with E-state index in [2.05, 4.69) is 21.2 Å². The molecule has 1 aromatic rings. The second-order valence-electron chi connectivity index (χ2n) is 4.14. The Labute approximate surface area is 109 Å². The van der Waals surface area contributed by atoms with E-state index < -0.39 is 11.4 Å². The molecule has 0 aliphatic heterocycles. The highest BCUT2D eigenvalue weighted by Crippen LogP contribution is 2.19. The number of carbonyl (C=O) groups is 1. The molecule has 3 N–H and O–H groups in total. The second kappa shape index (κ2) is 5.60. The van der Waals surface area contributed by atoms with Gasteiger partial charge >= 0.3 is 0 Å². The number of benzene rings is 1. The standard InChI is InChI=1S/C12H16BrFN2O/c1-3-12(2,11(15)17)16-7-8-4-5-9(14)6-10(8)13/h4-6,16H,3,7H2,1-2H3,(H2,15,17). The van der Waals surface area contributed by atoms with Crippen LogP contribution < -0.4 is 11.1 Å². The summed E-state index contributed by atoms with van der Waals surface area (Å²) >= 11 is 3.28. The number of carbonyl (C=O) groups excluding carboxylic acids is 1. The number of nitrogens with two attached hydrogens (primary N) is 1. The molecule has 0 bridgehead atoms. The first-order chi connectivity index (χ1) is 7.89. The van der Waals surface area contributed by atoms with Gasteiger partial charge in [-0.05, 0) is 31.0 Å². The first kappa shape index (κ1) is 14.1. The Morgan fingerprint density at radius 3 is 2.71 bits per heavy atom. The van der Waals surface area contributed by atoms with Crippen LogP contribution in [0.25, 0.3) is 0 Å². The van der Waals surface area contributed by atoms with Crippen molar-refractivity contribution in [2.24, 2.45) is 5.73 Å². The van der Waals surface area contributed by atoms with Crippen molar-refractivity contribution in [2.75, 3.05) is 0 Å². The molecule has 1 atom stereocenters. The molecule has 3 nitrogen and oxygen atoms in total. The van der Waals surface area contributed by atoms with Gasteiger partial charge in [0.05, 0.1) is 5.54 Å². The second-order valence-corrected chi connectivity index (χ2v) is 4.99. The molecule has 0 aliphatic rings. The molecular weight excluding hydrogens is 287 g/mol. The minimum Gasteiger partial charge on any atom is -0.368 e. The number of amides is 1. The number of hydrogen-bond donors (Lipinski definition) is 2. The minimum absolute atomic E-state index is 0.297. The van der Waals surface area contributed by atoms with E-state index >= 15 is 0 Å². The molecule has 1 aromatic carbocycles. The summed E-state index contributed by atoms with van der Waals surface area (Å²) in [5, 5.41) is 3.09. The summed E-state index contributed by atoms with van der Waals surface area (Å²) in [6.07, 6.45) is 0.598. The van der Waals surface area contributed by atoms with Crippen molar-refractivity contribution in [2.45, 2.75) is 32.4 Å². The molecule has 1 unspecified atom stereocenters. The van der Waals surface area contributed by atoms with E-state index in [0.29, 0.717) is 17.4 Å². The van der Waals surface area contributed by atoms with Crippen LogP contribution in [0.5, 0.6) is 0 Å². The van der Waals surface area contributed by atoms with Crippen LogP contribution in [0, 0.1) is 5.82 Å². The van der Waals surface area contributed by atoms with Crippen molar-refractivity contribution in [1.82, 2.24) is 5.32 Å². The SMILES string of the molecule is CCC(C)(NCc1ccc(F)cc1Br)C(N)=O. The third-order valence-corrected chi connectivity index (χ3v) is 3.67. The van der Waals surface area contributed by atoms with Gasteiger partial charge in [-0.1, -0.05) is 28.9 Å². The molecule has 0 fully saturated rings. The Hall–Kier alpha value is -0.940. The molecule has 0 heterocycles. The summed E-state index contributed by atoms with van der Waals surface area (Å²) in [6, 6.07) is 4.45. The van der Waals surface area contributed by atoms with Gasteiger partial charge in [0.25, 0.3) is 0 Å². The summed E-state index contributed by atoms with van der Waals surface area (Å²) in [7, 11) is 0. The Morgan fingerprint density at radius 1 is 1.59 bits per heavy atom. The van der Waals surface area contributed by atoms with Crippen molar-refractivity contribution >= 4 is 21.8 Å². The number of halogens is 2. The van der Waals surface area contributed by atoms with Gasteiger partial charge in [0.2, 0.25) is 5.91 Å². The van der Waals surface area contributed by atoms with Crippen molar-refractivity contribution < 1.29 is 9.18 Å². The zero-order chi connectivity index (χ0) is 13.1. The molecule has 0 radical (unpaired) electrons. The van der Waals surface area contributed by atoms with Crippen LogP contribution in [0.4, 0.5) is 4.39 Å². The molecule has 0 saturated heterocycles. The summed E-state index contributed by atoms with van der Waals surface area (Å²) < 4.78 is 13.6. The minimum atomic E-state index is -0.742. The smallest absolute Gasteiger partial charge is 0.237 e. The van der Waals surface area contributed by atoms with E-state index in [1.807, 2.05) is 6.92 Å². The third-order valence-electron chi connectivity index (χ3n) is 2.94. The largest absolute Gasteiger partial charge is 0.368 e. The van der Waals surface area contributed by atoms with Gasteiger partial charge < -0.3 is 5.73 Å². The van der Waals surface area contributed by atoms with Gasteiger partial charge in [-0.25, -0.2) is 4.39 Å². The van der Waals surface area contributed by atoms with E-state index in [1.54, 1.807) is 13.0 Å². The Morgan fingerprint density at radius 2 is 2.24 bits per heavy atom. The summed E-state index contributed by atoms with van der Waals surface area (Å²) in [4.78, 5) is 11.3. The first-order valence-corrected chi connectivity index (χ1v) is 6.17. The van der Waals surface area contributed by atoms with E-state index in [4.69, 9.17) is 5.73 Å². The predicted octanol–water partition coefficient (Wildman–Crippen LogP) is 2.33. The number of primary amides is 1. The van der Waals surface area contributed by atoms with Gasteiger partial charge in [0.1, 0.15) is 5.82 Å². The Bertz CT molecular complexity index is 425. The van der Waals surface area contributed by atoms with Gasteiger partial charge in [-0.2, -0.15) is 0 Å². The van der Waals surface area contributed by atoms with E-state index in [-0.39, 0.29) is 5.82 Å². The molecule has 0 spiro atoms. The van der Waals surface area contributed by atoms with E-state index in [0.717, 1.165) is 5.56 Å². The van der Waals surface area contributed by atoms with E-state index in [1.165, 1.54) is 12.1 Å². The van der Waals surface area contributed by atoms with Crippen molar-refractivity contribution in [1.29, 1.82) is 0 Å². The topological polar surface area (TPSA) is 55.1 Å². The lowest BCUT2D eigenvalue weighted by Gasteiger charge is -2.26. The molecule has 0 saturated carbocycles. The van der Waals surface area contributed by atoms with Gasteiger partial charge in [-0.15, -0.1) is 0 Å². The fourth-order valence-electron chi connectivity index (χ4n) is 1.34. The van der Waals surface area contributed by atoms with Gasteiger partial charge in [-0.3, -0.25) is 10.1 Å². The quantitative estimate of drug-likeness (QED) is 0.877. The van der Waals surface area contributed by atoms with Crippen LogP contribution >= 0.6 is 15.9 Å². The number of rotatable bonds is 5. The van der Waals surface area contributed by atoms with Crippen LogP contribution in [0.2, 0.25) is 0 Å². The van der Waals surface area contributed by atoms with Crippen LogP contribution in [0.3, 0.4) is 0 Å². The van der Waals surface area contributed by atoms with Crippen molar-refractivity contribution in [3.63, 3.8) is 0 Å². The van der Waals surface area contributed by atoms with Gasteiger partial charge in [0, 0.05) is 11.0 Å². The lowest BCUT2D eigenvalue weighted by Crippen LogP contribution is -2.52. The maximum absolute atomic E-state index is 12.9. The number of hydrogen-bond acceptors (Lipinski definition) is 2. The maximum atomic E-state index is 12.9. The highest BCUT2D eigenvalue weighted by molar-refractivity contribution is 9.10. The lowest BCUT2D eigenvalue weighted by atomic mass is 9.97. The Balaban J connectivity index is 2.76. The highest BCUT2D eigenvalue weighted by Gasteiger charge is 2.28. The fourth-order valence-corrected chi connectivity index (χ4v) is 1.83. The van der Waals surface area contributed by atoms with Crippen LogP contribution in [-0.2, 0) is 11.3 Å². The average molecular weight is 303 g/mol. The molecule has 0 aromatic heterocycles. The molecule has 0 aliphatic carbocycles. The average Bonchev–Trinajstić information content (AvgIpc) is 2.27. The normalized spacial score (nSPS) is 14.4. The van der Waals surface area contributed by atoms with Crippen LogP contribution in [-0.4, -0.2) is 11.4 Å². The zero-order valence-corrected chi connectivity index (χ0v) is 11.5. The molecule has 5 heteroatoms. The fraction of sp³-hybridized carbons (Fsp3) is 0.417. The Kier molecular flexibility index (Phi) is 4.65. The van der Waals surface area contributed by atoms with Crippen molar-refractivity contribution in [3.8, 4) is 0 Å². The maximum Gasteiger partial charge on any atom is 0.237 e. The molecular formula is C12H16BrFN2O. The molecule has 1 rings (SSSR count). The summed E-state index contributed by atoms with van der Waals surface area (Å²) in [5.41, 5.74) is 5.47. The molecule has 17 heavy (non-hydrogen) atoms. The molecule has 94 valence electrons. The third kappa shape index (κ3) is 3.51. The summed E-state index contributed by atoms with van der Waals surface area (Å²) in [5.74, 6) is -0.688. The first-order valence-electron chi connectivity index (χ1n) is 5.38. The molecule has 1 amide bonds. The lowest BCUT2D eigenvalue weighted by molar-refractivity contribution is -0.124. The van der Waals surface area contributed by atoms with Crippen molar-refractivity contribution in [3.05, 3.63) is 34.1 Å². The summed E-state index contributed by atoms with van der Waals surface area (Å²) in [6.45, 7) is 4.10. The van der Waals surface area contributed by atoms with Crippen LogP contribution in [0.1, 0.15) is 25.8 Å². The monoisotopic (exact) mass is 302 g/mol. The predicted molar refractivity (Wildman–Crippen MR) is 68.8 cm³/mol. The van der Waals surface area contributed by atoms with Crippen LogP contribution in [0.15, 0.2) is 22.7 Å².